The molecular formula is C13H12ClN3O2S2. The first-order valence-corrected chi connectivity index (χ1v) is 8.96. The van der Waals surface area contributed by atoms with Crippen LogP contribution < -0.4 is 4.72 Å². The van der Waals surface area contributed by atoms with Gasteiger partial charge in [-0.2, -0.15) is 0 Å². The highest BCUT2D eigenvalue weighted by Crippen LogP contribution is 2.22. The molecule has 0 bridgehead atoms. The summed E-state index contributed by atoms with van der Waals surface area (Å²) in [7, 11) is -3.70. The van der Waals surface area contributed by atoms with Crippen LogP contribution in [0.4, 0.5) is 0 Å². The standard InChI is InChI=1S/C13H12ClN3O2S2/c14-12-13(17-8-2-1-5-11(17)16-12)21(18,19)15-7-6-10-4-3-9-20-10/h1-5,8-9,15H,6-7H2. The van der Waals surface area contributed by atoms with Gasteiger partial charge in [0.15, 0.2) is 10.2 Å². The smallest absolute Gasteiger partial charge is 0.259 e. The van der Waals surface area contributed by atoms with E-state index in [9.17, 15) is 8.42 Å². The van der Waals surface area contributed by atoms with E-state index in [1.54, 1.807) is 35.7 Å². The van der Waals surface area contributed by atoms with Gasteiger partial charge in [-0.3, -0.25) is 4.40 Å². The molecule has 8 heteroatoms. The summed E-state index contributed by atoms with van der Waals surface area (Å²) in [6.07, 6.45) is 2.27. The number of rotatable bonds is 5. The lowest BCUT2D eigenvalue weighted by molar-refractivity contribution is 0.577. The molecule has 3 aromatic heterocycles. The number of aromatic nitrogens is 2. The van der Waals surface area contributed by atoms with Crippen LogP contribution >= 0.6 is 22.9 Å². The van der Waals surface area contributed by atoms with Gasteiger partial charge in [0.2, 0.25) is 0 Å². The molecule has 0 atom stereocenters. The molecular weight excluding hydrogens is 330 g/mol. The van der Waals surface area contributed by atoms with Gasteiger partial charge in [-0.15, -0.1) is 11.3 Å². The number of thiophene rings is 1. The fourth-order valence-electron chi connectivity index (χ4n) is 2.02. The summed E-state index contributed by atoms with van der Waals surface area (Å²) in [6, 6.07) is 9.13. The molecule has 0 saturated heterocycles. The molecule has 21 heavy (non-hydrogen) atoms. The van der Waals surface area contributed by atoms with Crippen molar-refractivity contribution in [1.82, 2.24) is 14.1 Å². The Morgan fingerprint density at radius 2 is 2.14 bits per heavy atom. The third kappa shape index (κ3) is 2.96. The first-order chi connectivity index (χ1) is 10.1. The summed E-state index contributed by atoms with van der Waals surface area (Å²) in [5.41, 5.74) is 0.501. The maximum absolute atomic E-state index is 12.4. The molecule has 0 saturated carbocycles. The predicted octanol–water partition coefficient (Wildman–Crippen LogP) is 2.57. The molecule has 0 aliphatic rings. The van der Waals surface area contributed by atoms with Crippen molar-refractivity contribution in [2.75, 3.05) is 6.54 Å². The molecule has 0 radical (unpaired) electrons. The zero-order valence-corrected chi connectivity index (χ0v) is 13.2. The molecule has 0 unspecified atom stereocenters. The molecule has 3 rings (SSSR count). The molecule has 1 N–H and O–H groups in total. The molecule has 0 fully saturated rings. The van der Waals surface area contributed by atoms with Crippen molar-refractivity contribution in [3.63, 3.8) is 0 Å². The minimum atomic E-state index is -3.70. The minimum absolute atomic E-state index is 0.0223. The Balaban J connectivity index is 1.84. The van der Waals surface area contributed by atoms with Crippen LogP contribution in [-0.2, 0) is 16.4 Å². The number of imidazole rings is 1. The van der Waals surface area contributed by atoms with E-state index in [0.717, 1.165) is 4.88 Å². The molecule has 0 aliphatic heterocycles. The van der Waals surface area contributed by atoms with Crippen LogP contribution in [0.1, 0.15) is 4.88 Å². The molecule has 0 aromatic carbocycles. The molecule has 0 spiro atoms. The van der Waals surface area contributed by atoms with Crippen molar-refractivity contribution in [2.45, 2.75) is 11.4 Å². The predicted molar refractivity (Wildman–Crippen MR) is 83.4 cm³/mol. The molecule has 5 nitrogen and oxygen atoms in total. The zero-order chi connectivity index (χ0) is 14.9. The summed E-state index contributed by atoms with van der Waals surface area (Å²) in [6.45, 7) is 0.319. The van der Waals surface area contributed by atoms with Crippen molar-refractivity contribution in [2.24, 2.45) is 0 Å². The number of halogens is 1. The second-order valence-corrected chi connectivity index (χ2v) is 7.44. The van der Waals surface area contributed by atoms with Gasteiger partial charge >= 0.3 is 0 Å². The maximum Gasteiger partial charge on any atom is 0.259 e. The summed E-state index contributed by atoms with van der Waals surface area (Å²) in [5.74, 6) is 0. The quantitative estimate of drug-likeness (QED) is 0.775. The van der Waals surface area contributed by atoms with Gasteiger partial charge < -0.3 is 0 Å². The van der Waals surface area contributed by atoms with Gasteiger partial charge in [-0.25, -0.2) is 18.1 Å². The second kappa shape index (κ2) is 5.76. The van der Waals surface area contributed by atoms with Gasteiger partial charge in [-0.1, -0.05) is 23.7 Å². The van der Waals surface area contributed by atoms with Crippen LogP contribution in [0.3, 0.4) is 0 Å². The Kier molecular flexibility index (Phi) is 3.99. The molecule has 0 amide bonds. The molecule has 110 valence electrons. The third-order valence-electron chi connectivity index (χ3n) is 2.94. The van der Waals surface area contributed by atoms with Crippen LogP contribution in [0.15, 0.2) is 46.9 Å². The van der Waals surface area contributed by atoms with Crippen molar-refractivity contribution in [1.29, 1.82) is 0 Å². The highest BCUT2D eigenvalue weighted by Gasteiger charge is 2.23. The number of sulfonamides is 1. The summed E-state index contributed by atoms with van der Waals surface area (Å²) >= 11 is 7.58. The van der Waals surface area contributed by atoms with E-state index in [1.165, 1.54) is 4.40 Å². The Bertz CT molecular complexity index is 857. The van der Waals surface area contributed by atoms with E-state index in [4.69, 9.17) is 11.6 Å². The molecule has 3 aromatic rings. The Morgan fingerprint density at radius 1 is 1.29 bits per heavy atom. The lowest BCUT2D eigenvalue weighted by atomic mass is 10.3. The molecule has 0 aliphatic carbocycles. The number of nitrogens with zero attached hydrogens (tertiary/aromatic N) is 2. The number of nitrogens with one attached hydrogen (secondary N) is 1. The van der Waals surface area contributed by atoms with Crippen LogP contribution in [0.25, 0.3) is 5.65 Å². The Labute approximate surface area is 131 Å². The Hall–Kier alpha value is -1.41. The average Bonchev–Trinajstić information content (AvgIpc) is 3.04. The normalized spacial score (nSPS) is 12.0. The summed E-state index contributed by atoms with van der Waals surface area (Å²) < 4.78 is 28.8. The lowest BCUT2D eigenvalue weighted by Crippen LogP contribution is -2.27. The third-order valence-corrected chi connectivity index (χ3v) is 5.74. The summed E-state index contributed by atoms with van der Waals surface area (Å²) in [4.78, 5) is 5.18. The van der Waals surface area contributed by atoms with Gasteiger partial charge in [0.1, 0.15) is 5.65 Å². The first-order valence-electron chi connectivity index (χ1n) is 6.22. The number of pyridine rings is 1. The van der Waals surface area contributed by atoms with E-state index in [2.05, 4.69) is 9.71 Å². The highest BCUT2D eigenvalue weighted by atomic mass is 35.5. The van der Waals surface area contributed by atoms with Crippen LogP contribution in [0.5, 0.6) is 0 Å². The van der Waals surface area contributed by atoms with Crippen LogP contribution in [0.2, 0.25) is 5.15 Å². The number of hydrogen-bond acceptors (Lipinski definition) is 4. The Morgan fingerprint density at radius 3 is 2.90 bits per heavy atom. The first kappa shape index (κ1) is 14.5. The van der Waals surface area contributed by atoms with E-state index in [0.29, 0.717) is 18.6 Å². The number of hydrogen-bond donors (Lipinski definition) is 1. The highest BCUT2D eigenvalue weighted by molar-refractivity contribution is 7.89. The topological polar surface area (TPSA) is 63.5 Å². The largest absolute Gasteiger partial charge is 0.288 e. The van der Waals surface area contributed by atoms with E-state index in [-0.39, 0.29) is 10.2 Å². The fraction of sp³-hybridized carbons (Fsp3) is 0.154. The van der Waals surface area contributed by atoms with Crippen molar-refractivity contribution >= 4 is 38.6 Å². The van der Waals surface area contributed by atoms with Crippen molar-refractivity contribution < 1.29 is 8.42 Å². The average molecular weight is 342 g/mol. The van der Waals surface area contributed by atoms with E-state index >= 15 is 0 Å². The zero-order valence-electron chi connectivity index (χ0n) is 10.9. The fourth-order valence-corrected chi connectivity index (χ4v) is 4.40. The maximum atomic E-state index is 12.4. The van der Waals surface area contributed by atoms with Crippen LogP contribution in [0, 0.1) is 0 Å². The second-order valence-electron chi connectivity index (χ2n) is 4.36. The van der Waals surface area contributed by atoms with Crippen molar-refractivity contribution in [3.05, 3.63) is 51.9 Å². The van der Waals surface area contributed by atoms with Gasteiger partial charge in [0.05, 0.1) is 0 Å². The number of fused-ring (bicyclic) bond motifs is 1. The minimum Gasteiger partial charge on any atom is -0.288 e. The monoisotopic (exact) mass is 341 g/mol. The van der Waals surface area contributed by atoms with Crippen molar-refractivity contribution in [3.8, 4) is 0 Å². The summed E-state index contributed by atoms with van der Waals surface area (Å²) in [5, 5.41) is 1.92. The van der Waals surface area contributed by atoms with E-state index < -0.39 is 10.0 Å². The SMILES string of the molecule is O=S(=O)(NCCc1cccs1)c1c(Cl)nc2ccccn12. The van der Waals surface area contributed by atoms with Gasteiger partial charge in [-0.05, 0) is 30.0 Å². The van der Waals surface area contributed by atoms with E-state index in [1.807, 2.05) is 17.5 Å². The van der Waals surface area contributed by atoms with Crippen LogP contribution in [-0.4, -0.2) is 24.3 Å². The molecule has 3 heterocycles. The van der Waals surface area contributed by atoms with Gasteiger partial charge in [0, 0.05) is 17.6 Å². The lowest BCUT2D eigenvalue weighted by Gasteiger charge is -2.06. The van der Waals surface area contributed by atoms with Gasteiger partial charge in [0.25, 0.3) is 10.0 Å².